The standard InChI is InChI=1S/C41H68O13/c1-35(2)24-10-14-38(6)25(17-22-27-20(9-13-39(27,38)7)40(8)15-16-41(53-22,54-40)36(3,4)48)37(24,5)12-11-26(35)51-34-32(28(44)21(43)19-49-34)52-33-31(47)30(46)29(45)23(18-42)50-33/h20-34,42-48H,9-19H2,1-8H3. The summed E-state index contributed by atoms with van der Waals surface area (Å²) in [5, 5.41) is 74.4. The van der Waals surface area contributed by atoms with Crippen LogP contribution in [0, 0.1) is 45.3 Å². The lowest BCUT2D eigenvalue weighted by Gasteiger charge is -2.71. The van der Waals surface area contributed by atoms with Crippen molar-refractivity contribution in [3.05, 3.63) is 0 Å². The maximum atomic E-state index is 11.6. The quantitative estimate of drug-likeness (QED) is 0.195. The van der Waals surface area contributed by atoms with Crippen LogP contribution in [0.3, 0.4) is 0 Å². The first kappa shape index (κ1) is 40.3. The summed E-state index contributed by atoms with van der Waals surface area (Å²) in [5.74, 6) is 0.347. The normalized spacial score (nSPS) is 58.2. The van der Waals surface area contributed by atoms with E-state index in [4.69, 9.17) is 28.4 Å². The van der Waals surface area contributed by atoms with Crippen molar-refractivity contribution < 1.29 is 64.2 Å². The van der Waals surface area contributed by atoms with Gasteiger partial charge in [-0.05, 0) is 117 Å². The fraction of sp³-hybridized carbons (Fsp3) is 1.00. The molecule has 4 saturated carbocycles. The van der Waals surface area contributed by atoms with Gasteiger partial charge in [0.15, 0.2) is 18.4 Å². The van der Waals surface area contributed by atoms with Gasteiger partial charge in [0.1, 0.15) is 48.3 Å². The summed E-state index contributed by atoms with van der Waals surface area (Å²) >= 11 is 0. The molecule has 4 saturated heterocycles. The zero-order chi connectivity index (χ0) is 39.2. The molecule has 7 N–H and O–H groups in total. The summed E-state index contributed by atoms with van der Waals surface area (Å²) in [6.07, 6.45) is -4.65. The van der Waals surface area contributed by atoms with Crippen LogP contribution in [0.4, 0.5) is 0 Å². The highest BCUT2D eigenvalue weighted by atomic mass is 16.8. The number of rotatable bonds is 6. The second-order valence-corrected chi connectivity index (χ2v) is 20.8. The van der Waals surface area contributed by atoms with Crippen LogP contribution < -0.4 is 0 Å². The molecule has 54 heavy (non-hydrogen) atoms. The van der Waals surface area contributed by atoms with Crippen molar-refractivity contribution in [2.45, 2.75) is 198 Å². The lowest BCUT2D eigenvalue weighted by atomic mass is 9.35. The molecule has 8 rings (SSSR count). The van der Waals surface area contributed by atoms with E-state index >= 15 is 0 Å². The monoisotopic (exact) mass is 768 g/mol. The number of hydrogen-bond donors (Lipinski definition) is 7. The molecule has 8 fully saturated rings. The predicted octanol–water partition coefficient (Wildman–Crippen LogP) is 2.36. The molecule has 0 spiro atoms. The zero-order valence-corrected chi connectivity index (χ0v) is 33.5. The molecule has 4 aliphatic heterocycles. The molecular formula is C41H68O13. The minimum atomic E-state index is -1.69. The molecule has 0 aromatic heterocycles. The molecule has 0 aromatic carbocycles. The van der Waals surface area contributed by atoms with Crippen LogP contribution in [-0.4, -0.2) is 133 Å². The molecule has 13 heteroatoms. The first-order valence-electron chi connectivity index (χ1n) is 20.8. The summed E-state index contributed by atoms with van der Waals surface area (Å²) in [6.45, 7) is 17.3. The largest absolute Gasteiger partial charge is 0.394 e. The molecule has 0 amide bonds. The molecule has 8 aliphatic rings. The van der Waals surface area contributed by atoms with Crippen LogP contribution in [0.1, 0.15) is 113 Å². The maximum Gasteiger partial charge on any atom is 0.197 e. The van der Waals surface area contributed by atoms with Gasteiger partial charge in [-0.2, -0.15) is 0 Å². The van der Waals surface area contributed by atoms with E-state index in [2.05, 4.69) is 41.5 Å². The molecule has 4 aliphatic carbocycles. The van der Waals surface area contributed by atoms with E-state index in [0.29, 0.717) is 24.2 Å². The summed E-state index contributed by atoms with van der Waals surface area (Å²) in [6, 6.07) is 0. The van der Waals surface area contributed by atoms with Gasteiger partial charge in [0, 0.05) is 6.42 Å². The van der Waals surface area contributed by atoms with E-state index in [1.54, 1.807) is 0 Å². The Morgan fingerprint density at radius 3 is 2.13 bits per heavy atom. The Kier molecular flexibility index (Phi) is 9.69. The minimum absolute atomic E-state index is 0.0225. The fourth-order valence-corrected chi connectivity index (χ4v) is 14.3. The van der Waals surface area contributed by atoms with Gasteiger partial charge in [-0.3, -0.25) is 0 Å². The van der Waals surface area contributed by atoms with Crippen LogP contribution in [0.15, 0.2) is 0 Å². The Morgan fingerprint density at radius 2 is 1.44 bits per heavy atom. The van der Waals surface area contributed by atoms with E-state index in [1.165, 1.54) is 0 Å². The third kappa shape index (κ3) is 5.50. The van der Waals surface area contributed by atoms with E-state index in [9.17, 15) is 35.7 Å². The van der Waals surface area contributed by atoms with Crippen molar-refractivity contribution in [3.8, 4) is 0 Å². The van der Waals surface area contributed by atoms with Crippen LogP contribution in [0.25, 0.3) is 0 Å². The van der Waals surface area contributed by atoms with Crippen LogP contribution in [-0.2, 0) is 28.4 Å². The number of ether oxygens (including phenoxy) is 6. The van der Waals surface area contributed by atoms with Gasteiger partial charge in [0.25, 0.3) is 0 Å². The molecule has 0 aromatic rings. The average Bonchev–Trinajstić information content (AvgIpc) is 3.62. The van der Waals surface area contributed by atoms with Crippen LogP contribution in [0.2, 0.25) is 0 Å². The van der Waals surface area contributed by atoms with Gasteiger partial charge in [-0.25, -0.2) is 0 Å². The predicted molar refractivity (Wildman–Crippen MR) is 192 cm³/mol. The van der Waals surface area contributed by atoms with Gasteiger partial charge in [-0.1, -0.05) is 34.6 Å². The Labute approximate surface area is 320 Å². The maximum absolute atomic E-state index is 11.6. The second kappa shape index (κ2) is 13.0. The van der Waals surface area contributed by atoms with Crippen LogP contribution in [0.5, 0.6) is 0 Å². The van der Waals surface area contributed by atoms with E-state index in [1.807, 2.05) is 13.8 Å². The number of aliphatic hydroxyl groups excluding tert-OH is 6. The van der Waals surface area contributed by atoms with Crippen molar-refractivity contribution in [1.82, 2.24) is 0 Å². The van der Waals surface area contributed by atoms with Crippen molar-refractivity contribution in [1.29, 1.82) is 0 Å². The fourth-order valence-electron chi connectivity index (χ4n) is 14.3. The summed E-state index contributed by atoms with van der Waals surface area (Å²) in [4.78, 5) is 0. The lowest BCUT2D eigenvalue weighted by Crippen LogP contribution is -2.68. The SMILES string of the molecule is CC12CCC(C(C)(C)O)(OC3CC4C5(C)CCC(OC6OCC(O)C(O)C6OC6OC(CO)C(O)C(O)C6O)C(C)(C)C5CCC4(C)C4(C)CCC1C34)O2. The van der Waals surface area contributed by atoms with Crippen molar-refractivity contribution in [2.75, 3.05) is 13.2 Å². The third-order valence-corrected chi connectivity index (χ3v) is 17.6. The zero-order valence-electron chi connectivity index (χ0n) is 33.5. The Hall–Kier alpha value is -0.520. The summed E-state index contributed by atoms with van der Waals surface area (Å²) in [5.41, 5.74) is -1.72. The number of hydrogen-bond acceptors (Lipinski definition) is 13. The van der Waals surface area contributed by atoms with Crippen molar-refractivity contribution in [3.63, 3.8) is 0 Å². The smallest absolute Gasteiger partial charge is 0.197 e. The molecular weight excluding hydrogens is 700 g/mol. The number of fused-ring (bicyclic) bond motifs is 7. The number of aliphatic hydroxyl groups is 7. The average molecular weight is 769 g/mol. The highest BCUT2D eigenvalue weighted by Gasteiger charge is 2.75. The topological polar surface area (TPSA) is 197 Å². The van der Waals surface area contributed by atoms with Gasteiger partial charge in [0.2, 0.25) is 0 Å². The van der Waals surface area contributed by atoms with Crippen molar-refractivity contribution >= 4 is 0 Å². The van der Waals surface area contributed by atoms with Crippen molar-refractivity contribution in [2.24, 2.45) is 45.3 Å². The van der Waals surface area contributed by atoms with Gasteiger partial charge >= 0.3 is 0 Å². The van der Waals surface area contributed by atoms with E-state index < -0.39 is 73.3 Å². The first-order valence-corrected chi connectivity index (χ1v) is 20.8. The van der Waals surface area contributed by atoms with Crippen LogP contribution >= 0.6 is 0 Å². The highest BCUT2D eigenvalue weighted by molar-refractivity contribution is 5.22. The lowest BCUT2D eigenvalue weighted by molar-refractivity contribution is -0.368. The molecule has 0 radical (unpaired) electrons. The molecule has 4 heterocycles. The highest BCUT2D eigenvalue weighted by Crippen LogP contribution is 2.78. The summed E-state index contributed by atoms with van der Waals surface area (Å²) in [7, 11) is 0. The summed E-state index contributed by atoms with van der Waals surface area (Å²) < 4.78 is 38.6. The third-order valence-electron chi connectivity index (χ3n) is 17.6. The van der Waals surface area contributed by atoms with E-state index in [0.717, 1.165) is 51.4 Å². The molecule has 13 nitrogen and oxygen atoms in total. The molecule has 20 atom stereocenters. The Bertz CT molecular complexity index is 1420. The minimum Gasteiger partial charge on any atom is -0.394 e. The van der Waals surface area contributed by atoms with Gasteiger partial charge in [0.05, 0.1) is 31.0 Å². The Balaban J connectivity index is 1.06. The Morgan fingerprint density at radius 1 is 0.741 bits per heavy atom. The second-order valence-electron chi connectivity index (χ2n) is 20.8. The van der Waals surface area contributed by atoms with Gasteiger partial charge < -0.3 is 64.2 Å². The molecule has 20 unspecified atom stereocenters. The van der Waals surface area contributed by atoms with Gasteiger partial charge in [-0.15, -0.1) is 0 Å². The molecule has 2 bridgehead atoms. The van der Waals surface area contributed by atoms with E-state index in [-0.39, 0.29) is 52.0 Å². The molecule has 310 valence electrons. The first-order chi connectivity index (χ1) is 25.1.